The zero-order valence-corrected chi connectivity index (χ0v) is 14.7. The molecule has 0 aliphatic heterocycles. The van der Waals surface area contributed by atoms with Gasteiger partial charge >= 0.3 is 0 Å². The maximum atomic E-state index is 12.4. The summed E-state index contributed by atoms with van der Waals surface area (Å²) < 4.78 is 0. The van der Waals surface area contributed by atoms with Crippen molar-refractivity contribution in [2.75, 3.05) is 5.32 Å². The number of amides is 2. The molecule has 126 valence electrons. The van der Waals surface area contributed by atoms with Crippen molar-refractivity contribution < 1.29 is 9.59 Å². The molecular formula is C18H21N3O2S. The van der Waals surface area contributed by atoms with Crippen LogP contribution in [0.2, 0.25) is 0 Å². The number of carbonyl (C=O) groups is 2. The van der Waals surface area contributed by atoms with Gasteiger partial charge in [-0.25, -0.2) is 4.98 Å². The van der Waals surface area contributed by atoms with Gasteiger partial charge in [-0.3, -0.25) is 14.9 Å². The summed E-state index contributed by atoms with van der Waals surface area (Å²) in [4.78, 5) is 30.3. The molecule has 6 heteroatoms. The summed E-state index contributed by atoms with van der Waals surface area (Å²) in [6, 6.07) is 9.17. The minimum atomic E-state index is -0.213. The number of thiazole rings is 1. The van der Waals surface area contributed by atoms with Crippen molar-refractivity contribution in [3.8, 4) is 0 Å². The Labute approximate surface area is 145 Å². The molecule has 2 aromatic rings. The zero-order chi connectivity index (χ0) is 17.1. The molecule has 0 radical (unpaired) electrons. The summed E-state index contributed by atoms with van der Waals surface area (Å²) in [5.74, 6) is -0.364. The van der Waals surface area contributed by atoms with E-state index in [1.165, 1.54) is 11.3 Å². The van der Waals surface area contributed by atoms with E-state index in [1.54, 1.807) is 12.1 Å². The third kappa shape index (κ3) is 3.64. The van der Waals surface area contributed by atoms with Crippen LogP contribution in [0.25, 0.3) is 0 Å². The number of aromatic nitrogens is 1. The molecule has 1 unspecified atom stereocenters. The monoisotopic (exact) mass is 343 g/mol. The first kappa shape index (κ1) is 16.6. The van der Waals surface area contributed by atoms with Gasteiger partial charge in [0, 0.05) is 16.5 Å². The van der Waals surface area contributed by atoms with E-state index in [4.69, 9.17) is 0 Å². The second-order valence-electron chi connectivity index (χ2n) is 6.26. The number of aryl methyl sites for hydroxylation is 1. The average Bonchev–Trinajstić information content (AvgIpc) is 2.97. The van der Waals surface area contributed by atoms with Gasteiger partial charge in [0.2, 0.25) is 5.91 Å². The minimum Gasteiger partial charge on any atom is -0.353 e. The van der Waals surface area contributed by atoms with Gasteiger partial charge in [0.05, 0.1) is 11.6 Å². The van der Waals surface area contributed by atoms with Crippen molar-refractivity contribution in [3.05, 3.63) is 46.5 Å². The molecule has 1 aliphatic rings. The van der Waals surface area contributed by atoms with Crippen LogP contribution in [0.3, 0.4) is 0 Å². The van der Waals surface area contributed by atoms with Gasteiger partial charge in [-0.2, -0.15) is 0 Å². The lowest BCUT2D eigenvalue weighted by atomic mass is 9.90. The molecule has 0 saturated carbocycles. The van der Waals surface area contributed by atoms with Gasteiger partial charge in [0.25, 0.3) is 5.91 Å². The Morgan fingerprint density at radius 3 is 2.71 bits per heavy atom. The van der Waals surface area contributed by atoms with E-state index in [1.807, 2.05) is 32.0 Å². The highest BCUT2D eigenvalue weighted by atomic mass is 32.1. The van der Waals surface area contributed by atoms with Crippen molar-refractivity contribution in [1.29, 1.82) is 0 Å². The molecule has 0 saturated heterocycles. The van der Waals surface area contributed by atoms with E-state index in [2.05, 4.69) is 15.6 Å². The Kier molecular flexibility index (Phi) is 4.94. The number of nitrogens with one attached hydrogen (secondary N) is 2. The van der Waals surface area contributed by atoms with Crippen LogP contribution in [0.15, 0.2) is 30.3 Å². The van der Waals surface area contributed by atoms with Gasteiger partial charge in [0.1, 0.15) is 0 Å². The standard InChI is InChI=1S/C18H21N3O2S/c1-11(2)19-17(23)13-9-6-10-14-15(13)20-18(24-14)21-16(22)12-7-4-3-5-8-12/h3-5,7-8,11,13H,6,9-10H2,1-2H3,(H,19,23)(H,20,21,22). The molecule has 5 nitrogen and oxygen atoms in total. The number of fused-ring (bicyclic) bond motifs is 1. The Morgan fingerprint density at radius 2 is 2.00 bits per heavy atom. The lowest BCUT2D eigenvalue weighted by Crippen LogP contribution is -2.35. The van der Waals surface area contributed by atoms with Crippen molar-refractivity contribution in [2.45, 2.75) is 45.1 Å². The second-order valence-corrected chi connectivity index (χ2v) is 7.34. The topological polar surface area (TPSA) is 71.1 Å². The van der Waals surface area contributed by atoms with Gasteiger partial charge < -0.3 is 5.32 Å². The summed E-state index contributed by atoms with van der Waals surface area (Å²) in [6.45, 7) is 3.91. The summed E-state index contributed by atoms with van der Waals surface area (Å²) in [5, 5.41) is 6.39. The molecule has 1 atom stereocenters. The first-order chi connectivity index (χ1) is 11.5. The molecule has 2 amide bonds. The summed E-state index contributed by atoms with van der Waals surface area (Å²) in [7, 11) is 0. The smallest absolute Gasteiger partial charge is 0.257 e. The molecule has 3 rings (SSSR count). The number of benzene rings is 1. The average molecular weight is 343 g/mol. The van der Waals surface area contributed by atoms with Crippen molar-refractivity contribution >= 4 is 28.3 Å². The summed E-state index contributed by atoms with van der Waals surface area (Å²) in [5.41, 5.74) is 1.42. The number of nitrogens with zero attached hydrogens (tertiary/aromatic N) is 1. The van der Waals surface area contributed by atoms with E-state index in [0.29, 0.717) is 10.7 Å². The Balaban J connectivity index is 1.77. The van der Waals surface area contributed by atoms with Crippen LogP contribution in [0.1, 0.15) is 53.5 Å². The molecule has 1 aliphatic carbocycles. The van der Waals surface area contributed by atoms with Crippen LogP contribution in [0.5, 0.6) is 0 Å². The van der Waals surface area contributed by atoms with Crippen molar-refractivity contribution in [3.63, 3.8) is 0 Å². The number of rotatable bonds is 4. The largest absolute Gasteiger partial charge is 0.353 e. The van der Waals surface area contributed by atoms with E-state index < -0.39 is 0 Å². The zero-order valence-electron chi connectivity index (χ0n) is 13.8. The maximum Gasteiger partial charge on any atom is 0.257 e. The van der Waals surface area contributed by atoms with E-state index in [-0.39, 0.29) is 23.8 Å². The summed E-state index contributed by atoms with van der Waals surface area (Å²) in [6.07, 6.45) is 2.69. The minimum absolute atomic E-state index is 0.0252. The van der Waals surface area contributed by atoms with Crippen LogP contribution >= 0.6 is 11.3 Å². The van der Waals surface area contributed by atoms with Crippen LogP contribution in [-0.4, -0.2) is 22.8 Å². The lowest BCUT2D eigenvalue weighted by molar-refractivity contribution is -0.123. The molecule has 1 aromatic carbocycles. The lowest BCUT2D eigenvalue weighted by Gasteiger charge is -2.21. The van der Waals surface area contributed by atoms with Crippen molar-refractivity contribution in [2.24, 2.45) is 0 Å². The van der Waals surface area contributed by atoms with Gasteiger partial charge in [-0.1, -0.05) is 18.2 Å². The molecule has 0 bridgehead atoms. The van der Waals surface area contributed by atoms with E-state index in [0.717, 1.165) is 29.8 Å². The number of carbonyl (C=O) groups excluding carboxylic acids is 2. The summed E-state index contributed by atoms with van der Waals surface area (Å²) >= 11 is 1.48. The predicted molar refractivity (Wildman–Crippen MR) is 95.5 cm³/mol. The molecule has 0 fully saturated rings. The first-order valence-corrected chi connectivity index (χ1v) is 9.02. The fourth-order valence-electron chi connectivity index (χ4n) is 2.87. The first-order valence-electron chi connectivity index (χ1n) is 8.21. The van der Waals surface area contributed by atoms with Gasteiger partial charge in [-0.15, -0.1) is 11.3 Å². The Bertz CT molecular complexity index is 740. The SMILES string of the molecule is CC(C)NC(=O)C1CCCc2sc(NC(=O)c3ccccc3)nc21. The van der Waals surface area contributed by atoms with Crippen molar-refractivity contribution in [1.82, 2.24) is 10.3 Å². The Hall–Kier alpha value is -2.21. The predicted octanol–water partition coefficient (Wildman–Crippen LogP) is 3.34. The highest BCUT2D eigenvalue weighted by molar-refractivity contribution is 7.15. The van der Waals surface area contributed by atoms with Crippen LogP contribution in [0, 0.1) is 0 Å². The third-order valence-electron chi connectivity index (χ3n) is 3.96. The van der Waals surface area contributed by atoms with Gasteiger partial charge in [-0.05, 0) is 45.2 Å². The third-order valence-corrected chi connectivity index (χ3v) is 5.00. The van der Waals surface area contributed by atoms with Crippen LogP contribution < -0.4 is 10.6 Å². The fraction of sp³-hybridized carbons (Fsp3) is 0.389. The number of anilines is 1. The van der Waals surface area contributed by atoms with E-state index in [9.17, 15) is 9.59 Å². The highest BCUT2D eigenvalue weighted by Crippen LogP contribution is 2.37. The molecule has 2 N–H and O–H groups in total. The Morgan fingerprint density at radius 1 is 1.25 bits per heavy atom. The molecular weight excluding hydrogens is 322 g/mol. The normalized spacial score (nSPS) is 16.5. The van der Waals surface area contributed by atoms with Gasteiger partial charge in [0.15, 0.2) is 5.13 Å². The second kappa shape index (κ2) is 7.13. The maximum absolute atomic E-state index is 12.4. The number of hydrogen-bond donors (Lipinski definition) is 2. The highest BCUT2D eigenvalue weighted by Gasteiger charge is 2.30. The van der Waals surface area contributed by atoms with Crippen LogP contribution in [-0.2, 0) is 11.2 Å². The number of hydrogen-bond acceptors (Lipinski definition) is 4. The fourth-order valence-corrected chi connectivity index (χ4v) is 3.93. The van der Waals surface area contributed by atoms with E-state index >= 15 is 0 Å². The molecule has 24 heavy (non-hydrogen) atoms. The quantitative estimate of drug-likeness (QED) is 0.894. The molecule has 1 aromatic heterocycles. The molecule has 1 heterocycles. The van der Waals surface area contributed by atoms with Crippen LogP contribution in [0.4, 0.5) is 5.13 Å². The molecule has 0 spiro atoms.